The third kappa shape index (κ3) is 3.91. The second-order valence-electron chi connectivity index (χ2n) is 4.33. The zero-order chi connectivity index (χ0) is 13.7. The molecule has 1 aromatic carbocycles. The zero-order valence-electron chi connectivity index (χ0n) is 10.7. The summed E-state index contributed by atoms with van der Waals surface area (Å²) < 4.78 is 0.976. The van der Waals surface area contributed by atoms with Crippen molar-refractivity contribution in [3.63, 3.8) is 0 Å². The van der Waals surface area contributed by atoms with Gasteiger partial charge in [0.05, 0.1) is 14.7 Å². The summed E-state index contributed by atoms with van der Waals surface area (Å²) in [5.74, 6) is -0.00185. The van der Waals surface area contributed by atoms with Crippen LogP contribution in [0.5, 0.6) is 0 Å². The van der Waals surface area contributed by atoms with Crippen LogP contribution in [0.3, 0.4) is 0 Å². The van der Waals surface area contributed by atoms with Gasteiger partial charge in [-0.15, -0.1) is 11.3 Å². The highest BCUT2D eigenvalue weighted by Gasteiger charge is 2.15. The Balaban J connectivity index is 2.11. The predicted molar refractivity (Wildman–Crippen MR) is 83.6 cm³/mol. The molecule has 4 heteroatoms. The van der Waals surface area contributed by atoms with Crippen LogP contribution in [0.15, 0.2) is 46.3 Å². The summed E-state index contributed by atoms with van der Waals surface area (Å²) in [6.45, 7) is 2.13. The van der Waals surface area contributed by atoms with Crippen LogP contribution in [0.25, 0.3) is 0 Å². The van der Waals surface area contributed by atoms with Crippen molar-refractivity contribution in [2.24, 2.45) is 0 Å². The number of rotatable bonds is 5. The average molecular weight is 338 g/mol. The van der Waals surface area contributed by atoms with E-state index < -0.39 is 0 Å². The van der Waals surface area contributed by atoms with Crippen LogP contribution >= 0.6 is 27.3 Å². The molecule has 2 nitrogen and oxygen atoms in total. The Morgan fingerprint density at radius 1 is 1.26 bits per heavy atom. The minimum Gasteiger partial charge on any atom is -0.345 e. The Bertz CT molecular complexity index is 538. The van der Waals surface area contributed by atoms with Crippen molar-refractivity contribution in [1.82, 2.24) is 5.32 Å². The highest BCUT2D eigenvalue weighted by Crippen LogP contribution is 2.24. The molecule has 19 heavy (non-hydrogen) atoms. The summed E-state index contributed by atoms with van der Waals surface area (Å²) in [6.07, 6.45) is 1.98. The van der Waals surface area contributed by atoms with Crippen molar-refractivity contribution in [1.29, 1.82) is 0 Å². The number of halogens is 1. The number of thiophene rings is 1. The summed E-state index contributed by atoms with van der Waals surface area (Å²) in [7, 11) is 0. The van der Waals surface area contributed by atoms with Gasteiger partial charge in [-0.2, -0.15) is 0 Å². The molecule has 1 aromatic heterocycles. The van der Waals surface area contributed by atoms with E-state index in [1.54, 1.807) is 0 Å². The fourth-order valence-corrected chi connectivity index (χ4v) is 3.25. The van der Waals surface area contributed by atoms with Crippen LogP contribution in [-0.4, -0.2) is 5.91 Å². The molecule has 0 bridgehead atoms. The first kappa shape index (κ1) is 14.3. The average Bonchev–Trinajstić information content (AvgIpc) is 2.86. The summed E-state index contributed by atoms with van der Waals surface area (Å²) in [5.41, 5.74) is 1.16. The fourth-order valence-electron chi connectivity index (χ4n) is 1.96. The lowest BCUT2D eigenvalue weighted by atomic mass is 10.0. The predicted octanol–water partition coefficient (Wildman–Crippen LogP) is 4.78. The molecule has 0 saturated heterocycles. The number of hydrogen-bond donors (Lipinski definition) is 1. The van der Waals surface area contributed by atoms with Crippen LogP contribution < -0.4 is 5.32 Å². The van der Waals surface area contributed by atoms with Gasteiger partial charge >= 0.3 is 0 Å². The van der Waals surface area contributed by atoms with Gasteiger partial charge in [-0.05, 0) is 40.0 Å². The normalized spacial score (nSPS) is 12.1. The van der Waals surface area contributed by atoms with Crippen molar-refractivity contribution in [2.45, 2.75) is 25.8 Å². The van der Waals surface area contributed by atoms with Gasteiger partial charge in [-0.3, -0.25) is 4.79 Å². The number of nitrogens with one attached hydrogen (secondary N) is 1. The number of amides is 1. The Hall–Kier alpha value is -1.13. The van der Waals surface area contributed by atoms with Gasteiger partial charge in [-0.1, -0.05) is 43.7 Å². The Labute approximate surface area is 126 Å². The molecular formula is C15H16BrNOS. The molecule has 0 aliphatic heterocycles. The molecule has 1 amide bonds. The van der Waals surface area contributed by atoms with Gasteiger partial charge in [0, 0.05) is 0 Å². The van der Waals surface area contributed by atoms with Gasteiger partial charge in [0.2, 0.25) is 0 Å². The van der Waals surface area contributed by atoms with E-state index in [4.69, 9.17) is 0 Å². The lowest BCUT2D eigenvalue weighted by molar-refractivity contribution is 0.0938. The van der Waals surface area contributed by atoms with Gasteiger partial charge < -0.3 is 5.32 Å². The van der Waals surface area contributed by atoms with Crippen LogP contribution in [0.1, 0.15) is 41.0 Å². The number of hydrogen-bond acceptors (Lipinski definition) is 2. The highest BCUT2D eigenvalue weighted by molar-refractivity contribution is 9.11. The summed E-state index contributed by atoms with van der Waals surface area (Å²) >= 11 is 4.84. The number of carbonyl (C=O) groups is 1. The van der Waals surface area contributed by atoms with Gasteiger partial charge in [-0.25, -0.2) is 0 Å². The molecule has 1 atom stereocenters. The van der Waals surface area contributed by atoms with Crippen molar-refractivity contribution < 1.29 is 4.79 Å². The van der Waals surface area contributed by atoms with Crippen LogP contribution in [0, 0.1) is 0 Å². The van der Waals surface area contributed by atoms with Crippen molar-refractivity contribution in [3.8, 4) is 0 Å². The van der Waals surface area contributed by atoms with Crippen molar-refractivity contribution in [2.75, 3.05) is 0 Å². The Kier molecular flexibility index (Phi) is 5.16. The van der Waals surface area contributed by atoms with E-state index in [2.05, 4.69) is 40.3 Å². The topological polar surface area (TPSA) is 29.1 Å². The Morgan fingerprint density at radius 3 is 2.58 bits per heavy atom. The van der Waals surface area contributed by atoms with Crippen LogP contribution in [-0.2, 0) is 0 Å². The molecular weight excluding hydrogens is 322 g/mol. The summed E-state index contributed by atoms with van der Waals surface area (Å²) in [5, 5.41) is 3.11. The molecule has 1 heterocycles. The molecule has 1 N–H and O–H groups in total. The number of benzene rings is 1. The van der Waals surface area contributed by atoms with E-state index in [9.17, 15) is 4.79 Å². The van der Waals surface area contributed by atoms with Crippen molar-refractivity contribution in [3.05, 3.63) is 56.7 Å². The quantitative estimate of drug-likeness (QED) is 0.835. The smallest absolute Gasteiger partial charge is 0.261 e. The first-order chi connectivity index (χ1) is 9.20. The van der Waals surface area contributed by atoms with Gasteiger partial charge in [0.25, 0.3) is 5.91 Å². The fraction of sp³-hybridized carbons (Fsp3) is 0.267. The molecule has 1 unspecified atom stereocenters. The first-order valence-electron chi connectivity index (χ1n) is 6.32. The molecule has 2 rings (SSSR count). The van der Waals surface area contributed by atoms with E-state index >= 15 is 0 Å². The molecule has 2 aromatic rings. The molecule has 0 spiro atoms. The summed E-state index contributed by atoms with van der Waals surface area (Å²) in [4.78, 5) is 12.9. The maximum Gasteiger partial charge on any atom is 0.261 e. The minimum absolute atomic E-state index is 0.00185. The monoisotopic (exact) mass is 337 g/mol. The van der Waals surface area contributed by atoms with E-state index in [-0.39, 0.29) is 11.9 Å². The Morgan fingerprint density at radius 2 is 2.00 bits per heavy atom. The van der Waals surface area contributed by atoms with E-state index in [0.29, 0.717) is 0 Å². The lowest BCUT2D eigenvalue weighted by Gasteiger charge is -2.18. The maximum atomic E-state index is 12.2. The minimum atomic E-state index is -0.00185. The molecule has 0 radical (unpaired) electrons. The standard InChI is InChI=1S/C15H16BrNOS/c1-2-6-12(11-7-4-3-5-8-11)17-15(18)13-9-10-14(16)19-13/h3-5,7-10,12H,2,6H2,1H3,(H,17,18). The molecule has 100 valence electrons. The second kappa shape index (κ2) is 6.87. The van der Waals surface area contributed by atoms with E-state index in [0.717, 1.165) is 27.1 Å². The zero-order valence-corrected chi connectivity index (χ0v) is 13.1. The third-order valence-electron chi connectivity index (χ3n) is 2.88. The highest BCUT2D eigenvalue weighted by atomic mass is 79.9. The van der Waals surface area contributed by atoms with Crippen LogP contribution in [0.4, 0.5) is 0 Å². The van der Waals surface area contributed by atoms with E-state index in [1.807, 2.05) is 30.3 Å². The third-order valence-corrected chi connectivity index (χ3v) is 4.50. The number of carbonyl (C=O) groups excluding carboxylic acids is 1. The van der Waals surface area contributed by atoms with Gasteiger partial charge in [0.15, 0.2) is 0 Å². The molecule has 0 saturated carbocycles. The molecule has 0 aliphatic carbocycles. The van der Waals surface area contributed by atoms with Crippen LogP contribution in [0.2, 0.25) is 0 Å². The maximum absolute atomic E-state index is 12.2. The largest absolute Gasteiger partial charge is 0.345 e. The van der Waals surface area contributed by atoms with Gasteiger partial charge in [0.1, 0.15) is 0 Å². The lowest BCUT2D eigenvalue weighted by Crippen LogP contribution is -2.27. The first-order valence-corrected chi connectivity index (χ1v) is 7.92. The second-order valence-corrected chi connectivity index (χ2v) is 6.79. The van der Waals surface area contributed by atoms with E-state index in [1.165, 1.54) is 11.3 Å². The van der Waals surface area contributed by atoms with Crippen molar-refractivity contribution >= 4 is 33.2 Å². The summed E-state index contributed by atoms with van der Waals surface area (Å²) in [6, 6.07) is 14.0. The molecule has 0 aliphatic rings. The SMILES string of the molecule is CCCC(NC(=O)c1ccc(Br)s1)c1ccccc1. The molecule has 0 fully saturated rings.